The summed E-state index contributed by atoms with van der Waals surface area (Å²) >= 11 is 0. The Morgan fingerprint density at radius 3 is 2.50 bits per heavy atom. The van der Waals surface area contributed by atoms with Crippen LogP contribution in [0, 0.1) is 6.92 Å². The molecular weight excluding hydrogens is 226 g/mol. The third-order valence-electron chi connectivity index (χ3n) is 3.10. The van der Waals surface area contributed by atoms with Crippen molar-refractivity contribution in [3.05, 3.63) is 59.4 Å². The standard InChI is InChI=1S/C15H17NO2/c1-11-8-9-12(10-16-11)15(2,17)13-6-4-5-7-14(13)18-3/h4-10,17H,1-3H3. The van der Waals surface area contributed by atoms with Gasteiger partial charge in [-0.1, -0.05) is 24.3 Å². The quantitative estimate of drug-likeness (QED) is 0.901. The highest BCUT2D eigenvalue weighted by atomic mass is 16.5. The number of hydrogen-bond donors (Lipinski definition) is 1. The molecule has 0 radical (unpaired) electrons. The number of aromatic nitrogens is 1. The van der Waals surface area contributed by atoms with E-state index < -0.39 is 5.60 Å². The number of pyridine rings is 1. The summed E-state index contributed by atoms with van der Waals surface area (Å²) in [5.41, 5.74) is 1.29. The van der Waals surface area contributed by atoms with E-state index in [1.807, 2.05) is 43.3 Å². The van der Waals surface area contributed by atoms with Crippen molar-refractivity contribution in [3.63, 3.8) is 0 Å². The van der Waals surface area contributed by atoms with Gasteiger partial charge in [-0.25, -0.2) is 0 Å². The number of aryl methyl sites for hydroxylation is 1. The molecule has 0 amide bonds. The van der Waals surface area contributed by atoms with E-state index in [2.05, 4.69) is 4.98 Å². The average Bonchev–Trinajstić information content (AvgIpc) is 2.39. The van der Waals surface area contributed by atoms with Gasteiger partial charge in [0, 0.05) is 23.0 Å². The minimum atomic E-state index is -1.12. The van der Waals surface area contributed by atoms with Crippen molar-refractivity contribution >= 4 is 0 Å². The summed E-state index contributed by atoms with van der Waals surface area (Å²) < 4.78 is 5.30. The second kappa shape index (κ2) is 4.78. The van der Waals surface area contributed by atoms with Crippen LogP contribution in [0.2, 0.25) is 0 Å². The molecule has 0 bridgehead atoms. The van der Waals surface area contributed by atoms with E-state index in [0.29, 0.717) is 5.75 Å². The normalized spacial score (nSPS) is 14.0. The molecule has 2 aromatic rings. The van der Waals surface area contributed by atoms with Crippen LogP contribution in [-0.4, -0.2) is 17.2 Å². The van der Waals surface area contributed by atoms with Gasteiger partial charge in [-0.15, -0.1) is 0 Å². The predicted molar refractivity (Wildman–Crippen MR) is 70.6 cm³/mol. The first-order valence-corrected chi connectivity index (χ1v) is 5.84. The molecule has 0 fully saturated rings. The van der Waals surface area contributed by atoms with Crippen LogP contribution in [0.3, 0.4) is 0 Å². The van der Waals surface area contributed by atoms with Gasteiger partial charge in [-0.05, 0) is 26.0 Å². The number of rotatable bonds is 3. The highest BCUT2D eigenvalue weighted by Crippen LogP contribution is 2.34. The molecule has 18 heavy (non-hydrogen) atoms. The third kappa shape index (κ3) is 2.22. The van der Waals surface area contributed by atoms with Crippen LogP contribution in [-0.2, 0) is 5.60 Å². The zero-order valence-electron chi connectivity index (χ0n) is 10.8. The number of aliphatic hydroxyl groups is 1. The lowest BCUT2D eigenvalue weighted by atomic mass is 9.88. The summed E-state index contributed by atoms with van der Waals surface area (Å²) in [6.45, 7) is 3.67. The van der Waals surface area contributed by atoms with Crippen molar-refractivity contribution in [1.82, 2.24) is 4.98 Å². The van der Waals surface area contributed by atoms with Gasteiger partial charge < -0.3 is 9.84 Å². The van der Waals surface area contributed by atoms with E-state index in [1.165, 1.54) is 0 Å². The van der Waals surface area contributed by atoms with Gasteiger partial charge in [0.05, 0.1) is 7.11 Å². The molecule has 3 nitrogen and oxygen atoms in total. The summed E-state index contributed by atoms with van der Waals surface area (Å²) in [5, 5.41) is 10.7. The van der Waals surface area contributed by atoms with Crippen LogP contribution in [0.25, 0.3) is 0 Å². The van der Waals surface area contributed by atoms with Crippen LogP contribution in [0.5, 0.6) is 5.75 Å². The third-order valence-corrected chi connectivity index (χ3v) is 3.10. The summed E-state index contributed by atoms with van der Waals surface area (Å²) in [6, 6.07) is 11.2. The molecule has 1 atom stereocenters. The van der Waals surface area contributed by atoms with E-state index in [1.54, 1.807) is 20.2 Å². The van der Waals surface area contributed by atoms with E-state index in [4.69, 9.17) is 4.74 Å². The Morgan fingerprint density at radius 1 is 1.17 bits per heavy atom. The Balaban J connectivity index is 2.50. The number of ether oxygens (including phenoxy) is 1. The lowest BCUT2D eigenvalue weighted by Gasteiger charge is -2.26. The summed E-state index contributed by atoms with van der Waals surface area (Å²) in [5.74, 6) is 0.670. The Kier molecular flexibility index (Phi) is 3.34. The minimum Gasteiger partial charge on any atom is -0.496 e. The van der Waals surface area contributed by atoms with E-state index in [9.17, 15) is 5.11 Å². The highest BCUT2D eigenvalue weighted by Gasteiger charge is 2.28. The second-order valence-corrected chi connectivity index (χ2v) is 4.46. The van der Waals surface area contributed by atoms with Crippen LogP contribution < -0.4 is 4.74 Å². The maximum atomic E-state index is 10.7. The Bertz CT molecular complexity index is 532. The predicted octanol–water partition coefficient (Wildman–Crippen LogP) is 2.65. The molecule has 0 aliphatic carbocycles. The Labute approximate surface area is 107 Å². The number of hydrogen-bond acceptors (Lipinski definition) is 3. The fourth-order valence-electron chi connectivity index (χ4n) is 1.96. The Morgan fingerprint density at radius 2 is 1.89 bits per heavy atom. The van der Waals surface area contributed by atoms with Crippen LogP contribution >= 0.6 is 0 Å². The van der Waals surface area contributed by atoms with E-state index in [0.717, 1.165) is 16.8 Å². The average molecular weight is 243 g/mol. The van der Waals surface area contributed by atoms with Crippen molar-refractivity contribution in [1.29, 1.82) is 0 Å². The maximum Gasteiger partial charge on any atom is 0.125 e. The van der Waals surface area contributed by atoms with Crippen LogP contribution in [0.15, 0.2) is 42.6 Å². The maximum absolute atomic E-state index is 10.7. The highest BCUT2D eigenvalue weighted by molar-refractivity contribution is 5.43. The molecule has 1 unspecified atom stereocenters. The minimum absolute atomic E-state index is 0.670. The molecule has 0 saturated carbocycles. The molecule has 1 aromatic heterocycles. The first-order valence-electron chi connectivity index (χ1n) is 5.84. The summed E-state index contributed by atoms with van der Waals surface area (Å²) in [4.78, 5) is 4.23. The molecule has 0 spiro atoms. The van der Waals surface area contributed by atoms with Crippen molar-refractivity contribution in [3.8, 4) is 5.75 Å². The van der Waals surface area contributed by atoms with Crippen LogP contribution in [0.1, 0.15) is 23.7 Å². The number of nitrogens with zero attached hydrogens (tertiary/aromatic N) is 1. The van der Waals surface area contributed by atoms with Gasteiger partial charge in [0.15, 0.2) is 0 Å². The second-order valence-electron chi connectivity index (χ2n) is 4.46. The van der Waals surface area contributed by atoms with E-state index in [-0.39, 0.29) is 0 Å². The van der Waals surface area contributed by atoms with Crippen molar-refractivity contribution < 1.29 is 9.84 Å². The summed E-state index contributed by atoms with van der Waals surface area (Å²) in [7, 11) is 1.60. The fraction of sp³-hybridized carbons (Fsp3) is 0.267. The zero-order chi connectivity index (χ0) is 13.2. The number of methoxy groups -OCH3 is 1. The van der Waals surface area contributed by atoms with Gasteiger partial charge in [-0.3, -0.25) is 4.98 Å². The van der Waals surface area contributed by atoms with E-state index >= 15 is 0 Å². The van der Waals surface area contributed by atoms with Gasteiger partial charge in [0.1, 0.15) is 11.4 Å². The van der Waals surface area contributed by atoms with Gasteiger partial charge in [-0.2, -0.15) is 0 Å². The lowest BCUT2D eigenvalue weighted by molar-refractivity contribution is 0.0985. The number of para-hydroxylation sites is 1. The molecule has 3 heteroatoms. The van der Waals surface area contributed by atoms with Crippen LogP contribution in [0.4, 0.5) is 0 Å². The van der Waals surface area contributed by atoms with Gasteiger partial charge in [0.25, 0.3) is 0 Å². The van der Waals surface area contributed by atoms with Crippen molar-refractivity contribution in [2.24, 2.45) is 0 Å². The lowest BCUT2D eigenvalue weighted by Crippen LogP contribution is -2.23. The first kappa shape index (κ1) is 12.6. The number of benzene rings is 1. The molecule has 2 rings (SSSR count). The van der Waals surface area contributed by atoms with Crippen molar-refractivity contribution in [2.75, 3.05) is 7.11 Å². The summed E-state index contributed by atoms with van der Waals surface area (Å²) in [6.07, 6.45) is 1.70. The van der Waals surface area contributed by atoms with Crippen molar-refractivity contribution in [2.45, 2.75) is 19.4 Å². The largest absolute Gasteiger partial charge is 0.496 e. The molecule has 0 aliphatic heterocycles. The molecule has 0 saturated heterocycles. The fourth-order valence-corrected chi connectivity index (χ4v) is 1.96. The zero-order valence-corrected chi connectivity index (χ0v) is 10.8. The SMILES string of the molecule is COc1ccccc1C(C)(O)c1ccc(C)nc1. The molecule has 1 aromatic carbocycles. The smallest absolute Gasteiger partial charge is 0.125 e. The first-order chi connectivity index (χ1) is 8.55. The van der Waals surface area contributed by atoms with Gasteiger partial charge >= 0.3 is 0 Å². The molecule has 94 valence electrons. The monoisotopic (exact) mass is 243 g/mol. The molecular formula is C15H17NO2. The molecule has 0 aliphatic rings. The topological polar surface area (TPSA) is 42.4 Å². The molecule has 1 N–H and O–H groups in total. The van der Waals surface area contributed by atoms with Gasteiger partial charge in [0.2, 0.25) is 0 Å². The molecule has 1 heterocycles. The Hall–Kier alpha value is -1.87.